The third-order valence-electron chi connectivity index (χ3n) is 2.01. The van der Waals surface area contributed by atoms with E-state index in [1.165, 1.54) is 0 Å². The number of nitrogens with one attached hydrogen (secondary N) is 1. The average Bonchev–Trinajstić information content (AvgIpc) is 2.26. The van der Waals surface area contributed by atoms with Crippen molar-refractivity contribution in [1.82, 2.24) is 0 Å². The Kier molecular flexibility index (Phi) is 5.29. The molecule has 0 aromatic heterocycles. The van der Waals surface area contributed by atoms with Crippen LogP contribution in [0.25, 0.3) is 0 Å². The van der Waals surface area contributed by atoms with Gasteiger partial charge in [0.1, 0.15) is 5.75 Å². The minimum Gasteiger partial charge on any atom is -0.495 e. The fourth-order valence-electron chi connectivity index (χ4n) is 1.22. The van der Waals surface area contributed by atoms with Crippen molar-refractivity contribution in [2.24, 2.45) is 0 Å². The summed E-state index contributed by atoms with van der Waals surface area (Å²) >= 11 is 5.91. The molecule has 0 unspecified atom stereocenters. The molecule has 3 nitrogen and oxygen atoms in total. The van der Waals surface area contributed by atoms with Crippen LogP contribution in [0.1, 0.15) is 6.42 Å². The number of benzene rings is 1. The van der Waals surface area contributed by atoms with Crippen LogP contribution in [0.15, 0.2) is 18.2 Å². The summed E-state index contributed by atoms with van der Waals surface area (Å²) in [6, 6.07) is 5.63. The van der Waals surface area contributed by atoms with Gasteiger partial charge in [-0.25, -0.2) is 0 Å². The van der Waals surface area contributed by atoms with Crippen LogP contribution in [0.5, 0.6) is 5.75 Å². The molecular formula is C11H16ClNO2. The highest BCUT2D eigenvalue weighted by Gasteiger charge is 2.00. The largest absolute Gasteiger partial charge is 0.495 e. The van der Waals surface area contributed by atoms with Gasteiger partial charge in [0.2, 0.25) is 0 Å². The van der Waals surface area contributed by atoms with Gasteiger partial charge in [0.25, 0.3) is 0 Å². The summed E-state index contributed by atoms with van der Waals surface area (Å²) < 4.78 is 10.1. The molecule has 15 heavy (non-hydrogen) atoms. The van der Waals surface area contributed by atoms with Crippen molar-refractivity contribution in [3.05, 3.63) is 23.2 Å². The molecule has 0 saturated carbocycles. The molecule has 1 aromatic rings. The number of rotatable bonds is 6. The topological polar surface area (TPSA) is 30.5 Å². The average molecular weight is 230 g/mol. The second-order valence-corrected chi connectivity index (χ2v) is 3.53. The zero-order chi connectivity index (χ0) is 11.1. The molecule has 0 atom stereocenters. The van der Waals surface area contributed by atoms with Crippen LogP contribution in [-0.4, -0.2) is 27.4 Å². The molecule has 0 aliphatic rings. The highest BCUT2D eigenvalue weighted by atomic mass is 35.5. The van der Waals surface area contributed by atoms with Crippen LogP contribution in [0.4, 0.5) is 5.69 Å². The monoisotopic (exact) mass is 229 g/mol. The van der Waals surface area contributed by atoms with Gasteiger partial charge in [-0.2, -0.15) is 0 Å². The van der Waals surface area contributed by atoms with Gasteiger partial charge in [-0.1, -0.05) is 11.6 Å². The maximum atomic E-state index is 5.91. The lowest BCUT2D eigenvalue weighted by atomic mass is 10.3. The molecular weight excluding hydrogens is 214 g/mol. The van der Waals surface area contributed by atoms with Crippen molar-refractivity contribution in [3.63, 3.8) is 0 Å². The minimum atomic E-state index is 0.625. The Labute approximate surface area is 95.3 Å². The Morgan fingerprint density at radius 2 is 2.13 bits per heavy atom. The maximum absolute atomic E-state index is 5.91. The third kappa shape index (κ3) is 3.98. The summed E-state index contributed by atoms with van der Waals surface area (Å²) in [7, 11) is 3.31. The van der Waals surface area contributed by atoms with Gasteiger partial charge in [0.05, 0.1) is 12.1 Å². The molecule has 0 spiro atoms. The van der Waals surface area contributed by atoms with Crippen molar-refractivity contribution in [1.29, 1.82) is 0 Å². The first kappa shape index (κ1) is 12.1. The third-order valence-corrected chi connectivity index (χ3v) is 2.32. The fraction of sp³-hybridized carbons (Fsp3) is 0.455. The van der Waals surface area contributed by atoms with Gasteiger partial charge in [-0.3, -0.25) is 0 Å². The van der Waals surface area contributed by atoms with Gasteiger partial charge in [0, 0.05) is 32.0 Å². The summed E-state index contributed by atoms with van der Waals surface area (Å²) in [4.78, 5) is 0. The van der Waals surface area contributed by atoms with E-state index in [4.69, 9.17) is 21.1 Å². The standard InChI is InChI=1S/C11H16ClNO2/c1-14-7-3-6-13-9-4-5-10(12)11(8-9)15-2/h4-5,8,13H,3,6-7H2,1-2H3. The van der Waals surface area contributed by atoms with Gasteiger partial charge in [-0.05, 0) is 18.6 Å². The van der Waals surface area contributed by atoms with E-state index in [1.807, 2.05) is 18.2 Å². The smallest absolute Gasteiger partial charge is 0.139 e. The molecule has 0 heterocycles. The lowest BCUT2D eigenvalue weighted by molar-refractivity contribution is 0.198. The molecule has 4 heteroatoms. The number of hydrogen-bond acceptors (Lipinski definition) is 3. The van der Waals surface area contributed by atoms with Crippen molar-refractivity contribution >= 4 is 17.3 Å². The van der Waals surface area contributed by atoms with E-state index in [0.717, 1.165) is 25.3 Å². The van der Waals surface area contributed by atoms with E-state index in [9.17, 15) is 0 Å². The Hall–Kier alpha value is -0.930. The summed E-state index contributed by atoms with van der Waals surface area (Å²) in [5.74, 6) is 0.688. The van der Waals surface area contributed by atoms with Crippen molar-refractivity contribution < 1.29 is 9.47 Å². The first-order chi connectivity index (χ1) is 7.27. The van der Waals surface area contributed by atoms with E-state index in [2.05, 4.69) is 5.32 Å². The molecule has 0 aliphatic carbocycles. The maximum Gasteiger partial charge on any atom is 0.139 e. The Bertz CT molecular complexity index is 305. The summed E-state index contributed by atoms with van der Waals surface area (Å²) in [5, 5.41) is 3.89. The predicted molar refractivity (Wildman–Crippen MR) is 63.0 cm³/mol. The van der Waals surface area contributed by atoms with Crippen LogP contribution in [0, 0.1) is 0 Å². The van der Waals surface area contributed by atoms with E-state index < -0.39 is 0 Å². The van der Waals surface area contributed by atoms with E-state index in [1.54, 1.807) is 14.2 Å². The second kappa shape index (κ2) is 6.53. The second-order valence-electron chi connectivity index (χ2n) is 3.12. The van der Waals surface area contributed by atoms with Crippen molar-refractivity contribution in [2.45, 2.75) is 6.42 Å². The molecule has 0 amide bonds. The van der Waals surface area contributed by atoms with Gasteiger partial charge >= 0.3 is 0 Å². The molecule has 0 aliphatic heterocycles. The Balaban J connectivity index is 2.47. The van der Waals surface area contributed by atoms with Crippen LogP contribution in [0.2, 0.25) is 5.02 Å². The molecule has 84 valence electrons. The Morgan fingerprint density at radius 3 is 2.80 bits per heavy atom. The number of methoxy groups -OCH3 is 2. The lowest BCUT2D eigenvalue weighted by Gasteiger charge is -2.08. The first-order valence-electron chi connectivity index (χ1n) is 4.84. The summed E-state index contributed by atoms with van der Waals surface area (Å²) in [6.07, 6.45) is 0.974. The summed E-state index contributed by atoms with van der Waals surface area (Å²) in [5.41, 5.74) is 1.01. The number of halogens is 1. The van der Waals surface area contributed by atoms with Gasteiger partial charge in [0.15, 0.2) is 0 Å². The van der Waals surface area contributed by atoms with E-state index in [-0.39, 0.29) is 0 Å². The highest BCUT2D eigenvalue weighted by molar-refractivity contribution is 6.32. The Morgan fingerprint density at radius 1 is 1.33 bits per heavy atom. The van der Waals surface area contributed by atoms with Crippen LogP contribution in [-0.2, 0) is 4.74 Å². The van der Waals surface area contributed by atoms with E-state index >= 15 is 0 Å². The number of anilines is 1. The lowest BCUT2D eigenvalue weighted by Crippen LogP contribution is -2.04. The van der Waals surface area contributed by atoms with Crippen molar-refractivity contribution in [3.8, 4) is 5.75 Å². The molecule has 0 radical (unpaired) electrons. The molecule has 1 rings (SSSR count). The molecule has 1 N–H and O–H groups in total. The summed E-state index contributed by atoms with van der Waals surface area (Å²) in [6.45, 7) is 1.64. The number of hydrogen-bond donors (Lipinski definition) is 1. The zero-order valence-electron chi connectivity index (χ0n) is 9.05. The molecule has 0 saturated heterocycles. The highest BCUT2D eigenvalue weighted by Crippen LogP contribution is 2.27. The molecule has 1 aromatic carbocycles. The predicted octanol–water partition coefficient (Wildman–Crippen LogP) is 2.80. The van der Waals surface area contributed by atoms with Gasteiger partial charge in [-0.15, -0.1) is 0 Å². The van der Waals surface area contributed by atoms with Crippen LogP contribution in [0.3, 0.4) is 0 Å². The minimum absolute atomic E-state index is 0.625. The van der Waals surface area contributed by atoms with E-state index in [0.29, 0.717) is 10.8 Å². The normalized spacial score (nSPS) is 10.1. The molecule has 0 fully saturated rings. The van der Waals surface area contributed by atoms with Crippen LogP contribution < -0.4 is 10.1 Å². The fourth-order valence-corrected chi connectivity index (χ4v) is 1.41. The quantitative estimate of drug-likeness (QED) is 0.761. The van der Waals surface area contributed by atoms with Crippen molar-refractivity contribution in [2.75, 3.05) is 32.7 Å². The van der Waals surface area contributed by atoms with Crippen LogP contribution >= 0.6 is 11.6 Å². The molecule has 0 bridgehead atoms. The number of ether oxygens (including phenoxy) is 2. The van der Waals surface area contributed by atoms with Gasteiger partial charge < -0.3 is 14.8 Å². The first-order valence-corrected chi connectivity index (χ1v) is 5.22. The SMILES string of the molecule is COCCCNc1ccc(Cl)c(OC)c1. The zero-order valence-corrected chi connectivity index (χ0v) is 9.80.